The molecule has 0 aliphatic rings. The summed E-state index contributed by atoms with van der Waals surface area (Å²) in [4.78, 5) is 0. The molecule has 0 saturated carbocycles. The molecule has 0 aliphatic heterocycles. The quantitative estimate of drug-likeness (QED) is 0.424. The number of halogens is 1. The Morgan fingerprint density at radius 2 is 1.25 bits per heavy atom. The van der Waals surface area contributed by atoms with Gasteiger partial charge in [0.2, 0.25) is 0 Å². The van der Waals surface area contributed by atoms with E-state index in [4.69, 9.17) is 3.80 Å². The maximum atomic E-state index is 8.28. The standard InChI is InChI=1S/Al.FH.O.Y.H/h;1H;;;. The summed E-state index contributed by atoms with van der Waals surface area (Å²) < 4.78 is 8.28. The zero-order valence-electron chi connectivity index (χ0n) is 2.10. The van der Waals surface area contributed by atoms with Crippen LogP contribution in [0.15, 0.2) is 0 Å². The fraction of sp³-hybridized carbons (Fsp3) is 0. The molecule has 0 spiro atoms. The van der Waals surface area contributed by atoms with Gasteiger partial charge in [0.15, 0.2) is 0 Å². The van der Waals surface area contributed by atoms with Gasteiger partial charge in [0.05, 0.1) is 0 Å². The van der Waals surface area contributed by atoms with E-state index >= 15 is 0 Å². The molecule has 21 valence electrons. The van der Waals surface area contributed by atoms with Crippen LogP contribution >= 0.6 is 0 Å². The molecule has 4 heteroatoms. The van der Waals surface area contributed by atoms with Crippen molar-refractivity contribution in [2.24, 2.45) is 0 Å². The Morgan fingerprint density at radius 3 is 1.25 bits per heavy atom. The molecule has 0 N–H and O–H groups in total. The molecule has 1 nitrogen and oxygen atoms in total. The Balaban J connectivity index is -0.00000000500. The normalized spacial score (nSPS) is 0.750. The van der Waals surface area contributed by atoms with Crippen molar-refractivity contribution in [3.8, 4) is 0 Å². The third-order valence-corrected chi connectivity index (χ3v) is 0. The van der Waals surface area contributed by atoms with Crippen molar-refractivity contribution in [3.05, 3.63) is 0 Å². The minimum absolute atomic E-state index is 0. The van der Waals surface area contributed by atoms with Gasteiger partial charge in [-0.3, -0.25) is 4.70 Å². The first kappa shape index (κ1) is 18.3. The summed E-state index contributed by atoms with van der Waals surface area (Å²) in [7, 11) is 0. The second kappa shape index (κ2) is 26.5. The molecule has 0 aromatic rings. The molecule has 0 bridgehead atoms. The van der Waals surface area contributed by atoms with Crippen LogP contribution in [0.5, 0.6) is 0 Å². The van der Waals surface area contributed by atoms with Crippen molar-refractivity contribution in [1.29, 1.82) is 0 Å². The van der Waals surface area contributed by atoms with Crippen LogP contribution in [0.3, 0.4) is 0 Å². The summed E-state index contributed by atoms with van der Waals surface area (Å²) >= 11 is 0.611. The van der Waals surface area contributed by atoms with Crippen molar-refractivity contribution in [3.63, 3.8) is 0 Å². The summed E-state index contributed by atoms with van der Waals surface area (Å²) in [5.41, 5.74) is 0. The van der Waals surface area contributed by atoms with Crippen molar-refractivity contribution in [2.75, 3.05) is 0 Å². The van der Waals surface area contributed by atoms with E-state index < -0.39 is 0 Å². The van der Waals surface area contributed by atoms with Crippen molar-refractivity contribution < 1.29 is 41.2 Å². The second-order valence-electron chi connectivity index (χ2n) is 0. The summed E-state index contributed by atoms with van der Waals surface area (Å²) in [5, 5.41) is 0. The smallest absolute Gasteiger partial charge is 0 e. The number of hydrogen-bond acceptors (Lipinski definition) is 1. The van der Waals surface area contributed by atoms with Gasteiger partial charge >= 0.3 is 20.0 Å². The van der Waals surface area contributed by atoms with Gasteiger partial charge in [-0.2, -0.15) is 0 Å². The van der Waals surface area contributed by atoms with Crippen LogP contribution in [-0.4, -0.2) is 16.2 Å². The van der Waals surface area contributed by atoms with Crippen molar-refractivity contribution in [1.82, 2.24) is 0 Å². The van der Waals surface area contributed by atoms with E-state index in [2.05, 4.69) is 0 Å². The average Bonchev–Trinajstić information content (AvgIpc) is 1.00. The molecule has 0 saturated heterocycles. The van der Waals surface area contributed by atoms with Crippen LogP contribution in [0.2, 0.25) is 0 Å². The Hall–Kier alpha value is 1.37. The number of rotatable bonds is 0. The first-order valence-electron chi connectivity index (χ1n) is 0.289. The largest absolute Gasteiger partial charge is 0 e. The van der Waals surface area contributed by atoms with E-state index in [1.165, 1.54) is 0 Å². The van der Waals surface area contributed by atoms with E-state index in [1.54, 1.807) is 0 Å². The fourth-order valence-electron chi connectivity index (χ4n) is 0. The first-order chi connectivity index (χ1) is 1.00. The molecule has 0 aliphatic carbocycles. The van der Waals surface area contributed by atoms with Gasteiger partial charge in [-0.15, -0.1) is 0 Å². The second-order valence-corrected chi connectivity index (χ2v) is 0. The summed E-state index contributed by atoms with van der Waals surface area (Å²) in [5.74, 6) is 0. The van der Waals surface area contributed by atoms with E-state index in [-0.39, 0.29) is 37.4 Å². The van der Waals surface area contributed by atoms with Crippen molar-refractivity contribution in [2.45, 2.75) is 0 Å². The Bertz CT molecular complexity index is 8.00. The van der Waals surface area contributed by atoms with E-state index in [1.807, 2.05) is 0 Å². The SMILES string of the molecule is F.[O]=[AlH].[Y]. The maximum Gasteiger partial charge on any atom is 0 e. The molecule has 0 atom stereocenters. The minimum Gasteiger partial charge on any atom is 0 e. The van der Waals surface area contributed by atoms with Gasteiger partial charge < -0.3 is 0 Å². The van der Waals surface area contributed by atoms with E-state index in [0.29, 0.717) is 16.2 Å². The Morgan fingerprint density at radius 1 is 1.25 bits per heavy atom. The summed E-state index contributed by atoms with van der Waals surface area (Å²) in [6, 6.07) is 0. The minimum atomic E-state index is 0. The topological polar surface area (TPSA) is 17.1 Å². The fourth-order valence-corrected chi connectivity index (χ4v) is 0. The Kier molecular flexibility index (Phi) is 121. The van der Waals surface area contributed by atoms with Crippen LogP contribution in [0, 0.1) is 0 Å². The van der Waals surface area contributed by atoms with Gasteiger partial charge in [-0.1, -0.05) is 0 Å². The third kappa shape index (κ3) is 10.1. The molecule has 1 radical (unpaired) electrons. The van der Waals surface area contributed by atoms with Gasteiger partial charge in [-0.05, 0) is 0 Å². The van der Waals surface area contributed by atoms with Crippen LogP contribution in [0.4, 0.5) is 4.70 Å². The zero-order valence-corrected chi connectivity index (χ0v) is 6.35. The molecule has 0 unspecified atom stereocenters. The van der Waals surface area contributed by atoms with Gasteiger partial charge in [0.1, 0.15) is 0 Å². The van der Waals surface area contributed by atoms with Crippen LogP contribution in [0.1, 0.15) is 0 Å². The monoisotopic (exact) mass is 153 g/mol. The molecular weight excluding hydrogens is 151 g/mol. The van der Waals surface area contributed by atoms with Crippen LogP contribution in [0.25, 0.3) is 0 Å². The van der Waals surface area contributed by atoms with Crippen LogP contribution in [-0.2, 0) is 36.5 Å². The summed E-state index contributed by atoms with van der Waals surface area (Å²) in [6.07, 6.45) is 0. The predicted octanol–water partition coefficient (Wildman–Crippen LogP) is -0.617. The number of hydrogen-bond donors (Lipinski definition) is 0. The molecule has 0 fully saturated rings. The maximum absolute atomic E-state index is 8.28. The van der Waals surface area contributed by atoms with Gasteiger partial charge in [0.25, 0.3) is 0 Å². The van der Waals surface area contributed by atoms with Gasteiger partial charge in [-0.25, -0.2) is 0 Å². The molecule has 0 rings (SSSR count). The predicted molar refractivity (Wildman–Crippen MR) is 10.3 cm³/mol. The van der Waals surface area contributed by atoms with E-state index in [9.17, 15) is 0 Å². The molecular formula is H2AlFOY. The Labute approximate surface area is 57.0 Å². The molecule has 4 heavy (non-hydrogen) atoms. The van der Waals surface area contributed by atoms with Crippen LogP contribution < -0.4 is 0 Å². The molecule has 0 amide bonds. The molecule has 0 aromatic heterocycles. The van der Waals surface area contributed by atoms with E-state index in [0.717, 1.165) is 0 Å². The molecule has 0 aromatic carbocycles. The van der Waals surface area contributed by atoms with Crippen molar-refractivity contribution >= 4 is 16.2 Å². The first-order valence-corrected chi connectivity index (χ1v) is 0.866. The average molecular weight is 153 g/mol. The molecule has 0 heterocycles. The third-order valence-electron chi connectivity index (χ3n) is 0. The summed E-state index contributed by atoms with van der Waals surface area (Å²) in [6.45, 7) is 0. The van der Waals surface area contributed by atoms with Gasteiger partial charge in [0, 0.05) is 32.7 Å². The zero-order chi connectivity index (χ0) is 2.00.